The number of carbonyl (C=O) groups is 1. The van der Waals surface area contributed by atoms with Gasteiger partial charge >= 0.3 is 5.97 Å². The number of methoxy groups -OCH3 is 5. The summed E-state index contributed by atoms with van der Waals surface area (Å²) in [6.07, 6.45) is 2.23. The molecule has 1 fully saturated rings. The second-order valence-corrected chi connectivity index (χ2v) is 9.39. The molecule has 2 aliphatic rings. The van der Waals surface area contributed by atoms with Crippen LogP contribution in [0.25, 0.3) is 17.2 Å². The summed E-state index contributed by atoms with van der Waals surface area (Å²) in [6.45, 7) is 0.322. The summed E-state index contributed by atoms with van der Waals surface area (Å²) in [5.74, 6) is 1.79. The number of esters is 1. The third-order valence-corrected chi connectivity index (χ3v) is 7.24. The van der Waals surface area contributed by atoms with Crippen molar-refractivity contribution in [1.82, 2.24) is 0 Å². The zero-order valence-corrected chi connectivity index (χ0v) is 23.3. The predicted molar refractivity (Wildman–Crippen MR) is 148 cm³/mol. The van der Waals surface area contributed by atoms with Gasteiger partial charge in [0.25, 0.3) is 5.69 Å². The van der Waals surface area contributed by atoms with Crippen molar-refractivity contribution in [3.05, 3.63) is 68.8 Å². The zero-order chi connectivity index (χ0) is 29.3. The molecule has 0 bridgehead atoms. The normalized spacial score (nSPS) is 16.5. The van der Waals surface area contributed by atoms with Crippen LogP contribution in [0.15, 0.2) is 42.0 Å². The Morgan fingerprint density at radius 1 is 0.878 bits per heavy atom. The van der Waals surface area contributed by atoms with Gasteiger partial charge in [0, 0.05) is 34.8 Å². The first-order valence-electron chi connectivity index (χ1n) is 12.7. The molecule has 11 nitrogen and oxygen atoms in total. The first-order valence-corrected chi connectivity index (χ1v) is 12.7. The van der Waals surface area contributed by atoms with E-state index in [0.29, 0.717) is 63.2 Å². The smallest absolute Gasteiger partial charge is 0.334 e. The van der Waals surface area contributed by atoms with E-state index in [1.165, 1.54) is 33.5 Å². The fraction of sp³-hybridized carbons (Fsp3) is 0.300. The first kappa shape index (κ1) is 27.6. The van der Waals surface area contributed by atoms with Crippen molar-refractivity contribution in [1.29, 1.82) is 0 Å². The highest BCUT2D eigenvalue weighted by molar-refractivity contribution is 6.00. The van der Waals surface area contributed by atoms with Crippen LogP contribution in [0, 0.1) is 16.0 Å². The zero-order valence-electron chi connectivity index (χ0n) is 23.3. The quantitative estimate of drug-likeness (QED) is 0.200. The summed E-state index contributed by atoms with van der Waals surface area (Å²) >= 11 is 0. The van der Waals surface area contributed by atoms with Crippen LogP contribution in [0.5, 0.6) is 34.5 Å². The van der Waals surface area contributed by atoms with Gasteiger partial charge in [0.2, 0.25) is 11.5 Å². The maximum absolute atomic E-state index is 12.8. The second-order valence-electron chi connectivity index (χ2n) is 9.39. The van der Waals surface area contributed by atoms with Gasteiger partial charge in [0.15, 0.2) is 23.0 Å². The molecule has 41 heavy (non-hydrogen) atoms. The minimum Gasteiger partial charge on any atom is -0.493 e. The van der Waals surface area contributed by atoms with Crippen LogP contribution < -0.4 is 28.4 Å². The van der Waals surface area contributed by atoms with Crippen LogP contribution in [0.3, 0.4) is 0 Å². The molecular weight excluding hydrogens is 534 g/mol. The lowest BCUT2D eigenvalue weighted by atomic mass is 9.82. The number of fused-ring (bicyclic) bond motifs is 4. The highest BCUT2D eigenvalue weighted by Gasteiger charge is 2.37. The highest BCUT2D eigenvalue weighted by atomic mass is 16.6. The summed E-state index contributed by atoms with van der Waals surface area (Å²) in [6, 6.07) is 9.70. The maximum Gasteiger partial charge on any atom is 0.334 e. The minimum absolute atomic E-state index is 0.0169. The van der Waals surface area contributed by atoms with Crippen molar-refractivity contribution in [2.24, 2.45) is 5.92 Å². The number of rotatable bonds is 9. The van der Waals surface area contributed by atoms with Crippen molar-refractivity contribution in [3.8, 4) is 45.6 Å². The SMILES string of the molecule is COc1cc2c(c(OC)c1OC)C[C@@H]1COC(=O)/C1=C/c1cc(OC)c(OCc3ccc([N+](=O)[O-])cc3)c(OC)c1-2. The van der Waals surface area contributed by atoms with E-state index in [2.05, 4.69) is 0 Å². The Bertz CT molecular complexity index is 1540. The van der Waals surface area contributed by atoms with E-state index in [4.69, 9.17) is 33.2 Å². The Balaban J connectivity index is 1.75. The third kappa shape index (κ3) is 4.83. The van der Waals surface area contributed by atoms with Gasteiger partial charge in [-0.25, -0.2) is 4.79 Å². The molecule has 3 aromatic rings. The van der Waals surface area contributed by atoms with Crippen molar-refractivity contribution < 1.29 is 42.9 Å². The molecule has 11 heteroatoms. The number of hydrogen-bond donors (Lipinski definition) is 0. The van der Waals surface area contributed by atoms with E-state index >= 15 is 0 Å². The van der Waals surface area contributed by atoms with Crippen LogP contribution in [-0.2, 0) is 22.6 Å². The predicted octanol–water partition coefficient (Wildman–Crippen LogP) is 5.00. The van der Waals surface area contributed by atoms with Gasteiger partial charge in [-0.05, 0) is 53.5 Å². The van der Waals surface area contributed by atoms with E-state index in [0.717, 1.165) is 11.1 Å². The molecule has 1 aliphatic carbocycles. The van der Waals surface area contributed by atoms with Gasteiger partial charge < -0.3 is 33.2 Å². The summed E-state index contributed by atoms with van der Waals surface area (Å²) in [5.41, 5.74) is 4.02. The number of benzene rings is 3. The molecule has 1 heterocycles. The van der Waals surface area contributed by atoms with Gasteiger partial charge in [-0.2, -0.15) is 0 Å². The first-order chi connectivity index (χ1) is 19.8. The Morgan fingerprint density at radius 3 is 2.15 bits per heavy atom. The number of ether oxygens (including phenoxy) is 7. The molecule has 3 aromatic carbocycles. The summed E-state index contributed by atoms with van der Waals surface area (Å²) in [7, 11) is 7.65. The topological polar surface area (TPSA) is 125 Å². The highest BCUT2D eigenvalue weighted by Crippen LogP contribution is 2.54. The molecular formula is C30H29NO10. The summed E-state index contributed by atoms with van der Waals surface area (Å²) in [5, 5.41) is 11.1. The standard InChI is InChI=1S/C30H29NO10/c1-35-23-12-17-10-20-18(15-41-30(20)32)11-22-21(13-24(36-2)27(38-4)26(22)37-3)25(17)29(39-5)28(23)40-14-16-6-8-19(9-7-16)31(33)34/h6-10,12-13,18H,11,14-15H2,1-5H3/b20-10+/t18-/m1/s1. The van der Waals surface area contributed by atoms with Gasteiger partial charge in [-0.15, -0.1) is 0 Å². The molecule has 0 radical (unpaired) electrons. The van der Waals surface area contributed by atoms with E-state index < -0.39 is 4.92 Å². The van der Waals surface area contributed by atoms with Crippen LogP contribution in [-0.4, -0.2) is 53.0 Å². The van der Waals surface area contributed by atoms with Crippen molar-refractivity contribution in [2.75, 3.05) is 42.2 Å². The molecule has 5 rings (SSSR count). The number of nitro benzene ring substituents is 1. The maximum atomic E-state index is 12.8. The summed E-state index contributed by atoms with van der Waals surface area (Å²) < 4.78 is 40.5. The van der Waals surface area contributed by atoms with Crippen LogP contribution in [0.1, 0.15) is 16.7 Å². The lowest BCUT2D eigenvalue weighted by molar-refractivity contribution is -0.384. The van der Waals surface area contributed by atoms with Gasteiger partial charge in [0.1, 0.15) is 6.61 Å². The molecule has 0 spiro atoms. The molecule has 1 aliphatic heterocycles. The fourth-order valence-corrected chi connectivity index (χ4v) is 5.30. The average Bonchev–Trinajstić information content (AvgIpc) is 3.32. The molecule has 1 saturated heterocycles. The molecule has 0 amide bonds. The molecule has 0 saturated carbocycles. The monoisotopic (exact) mass is 563 g/mol. The minimum atomic E-state index is -0.458. The molecule has 1 atom stereocenters. The number of non-ortho nitro benzene ring substituents is 1. The summed E-state index contributed by atoms with van der Waals surface area (Å²) in [4.78, 5) is 23.4. The Hall–Kier alpha value is -4.93. The molecule has 214 valence electrons. The number of carbonyl (C=O) groups excluding carboxylic acids is 1. The Kier molecular flexibility index (Phi) is 7.60. The largest absolute Gasteiger partial charge is 0.493 e. The third-order valence-electron chi connectivity index (χ3n) is 7.24. The number of cyclic esters (lactones) is 1. The number of hydrogen-bond acceptors (Lipinski definition) is 10. The van der Waals surface area contributed by atoms with Crippen LogP contribution in [0.4, 0.5) is 5.69 Å². The average molecular weight is 564 g/mol. The number of nitrogens with zero attached hydrogens (tertiary/aromatic N) is 1. The van der Waals surface area contributed by atoms with Crippen molar-refractivity contribution >= 4 is 17.7 Å². The van der Waals surface area contributed by atoms with E-state index in [-0.39, 0.29) is 30.8 Å². The molecule has 0 aromatic heterocycles. The lowest BCUT2D eigenvalue weighted by Crippen LogP contribution is -2.13. The molecule has 0 N–H and O–H groups in total. The van der Waals surface area contributed by atoms with Gasteiger partial charge in [-0.3, -0.25) is 10.1 Å². The van der Waals surface area contributed by atoms with Crippen molar-refractivity contribution in [3.63, 3.8) is 0 Å². The van der Waals surface area contributed by atoms with E-state index in [1.54, 1.807) is 38.5 Å². The van der Waals surface area contributed by atoms with Crippen molar-refractivity contribution in [2.45, 2.75) is 13.0 Å². The Labute approximate surface area is 236 Å². The van der Waals surface area contributed by atoms with Crippen LogP contribution in [0.2, 0.25) is 0 Å². The Morgan fingerprint density at radius 2 is 1.54 bits per heavy atom. The van der Waals surface area contributed by atoms with E-state index in [9.17, 15) is 14.9 Å². The van der Waals surface area contributed by atoms with Gasteiger partial charge in [0.05, 0.1) is 47.1 Å². The van der Waals surface area contributed by atoms with E-state index in [1.807, 2.05) is 6.07 Å². The van der Waals surface area contributed by atoms with Gasteiger partial charge in [-0.1, -0.05) is 0 Å². The van der Waals surface area contributed by atoms with Crippen LogP contribution >= 0.6 is 0 Å². The lowest BCUT2D eigenvalue weighted by Gasteiger charge is -2.26. The number of nitro groups is 1. The second kappa shape index (κ2) is 11.3. The fourth-order valence-electron chi connectivity index (χ4n) is 5.30. The molecule has 0 unspecified atom stereocenters.